The summed E-state index contributed by atoms with van der Waals surface area (Å²) in [5, 5.41) is 0. The summed E-state index contributed by atoms with van der Waals surface area (Å²) in [6, 6.07) is 3.24. The number of hydrogen-bond donors (Lipinski definition) is 0. The summed E-state index contributed by atoms with van der Waals surface area (Å²) in [5.41, 5.74) is 1.24. The second kappa shape index (κ2) is 5.25. The number of rotatable bonds is 3. The third kappa shape index (κ3) is 2.56. The molecule has 0 bridgehead atoms. The van der Waals surface area contributed by atoms with E-state index in [4.69, 9.17) is 0 Å². The molecule has 0 atom stereocenters. The Labute approximate surface area is 93.4 Å². The third-order valence-corrected chi connectivity index (χ3v) is 2.13. The van der Waals surface area contributed by atoms with E-state index >= 15 is 0 Å². The van der Waals surface area contributed by atoms with Crippen LogP contribution in [0.25, 0.3) is 0 Å². The topological polar surface area (TPSA) is 65.5 Å². The van der Waals surface area contributed by atoms with Crippen LogP contribution in [0.3, 0.4) is 0 Å². The Kier molecular flexibility index (Phi) is 3.99. The smallest absolute Gasteiger partial charge is 0.324 e. The number of esters is 2. The average Bonchev–Trinajstić information content (AvgIpc) is 2.29. The highest BCUT2D eigenvalue weighted by molar-refractivity contribution is 6.00. The van der Waals surface area contributed by atoms with Crippen LogP contribution in [0.1, 0.15) is 17.2 Å². The van der Waals surface area contributed by atoms with Gasteiger partial charge in [0, 0.05) is 11.9 Å². The van der Waals surface area contributed by atoms with Crippen LogP contribution in [-0.4, -0.2) is 31.1 Å². The fourth-order valence-electron chi connectivity index (χ4n) is 1.35. The van der Waals surface area contributed by atoms with Gasteiger partial charge in [-0.1, -0.05) is 0 Å². The monoisotopic (exact) mass is 223 g/mol. The highest BCUT2D eigenvalue weighted by Gasteiger charge is 2.30. The SMILES string of the molecule is COC(=O)C(C(=O)OC)c1ccnc(C)c1. The number of methoxy groups -OCH3 is 2. The average molecular weight is 223 g/mol. The Morgan fingerprint density at radius 1 is 1.25 bits per heavy atom. The summed E-state index contributed by atoms with van der Waals surface area (Å²) in [7, 11) is 2.46. The van der Waals surface area contributed by atoms with Gasteiger partial charge in [-0.3, -0.25) is 14.6 Å². The molecule has 0 N–H and O–H groups in total. The van der Waals surface area contributed by atoms with Crippen molar-refractivity contribution >= 4 is 11.9 Å². The summed E-state index contributed by atoms with van der Waals surface area (Å²) < 4.78 is 9.14. The van der Waals surface area contributed by atoms with E-state index in [-0.39, 0.29) is 0 Å². The summed E-state index contributed by atoms with van der Waals surface area (Å²) in [6.07, 6.45) is 1.53. The lowest BCUT2D eigenvalue weighted by molar-refractivity contribution is -0.154. The molecule has 0 spiro atoms. The molecule has 16 heavy (non-hydrogen) atoms. The Morgan fingerprint density at radius 3 is 2.25 bits per heavy atom. The molecular formula is C11H13NO4. The van der Waals surface area contributed by atoms with Crippen LogP contribution < -0.4 is 0 Å². The molecule has 0 fully saturated rings. The minimum absolute atomic E-state index is 0.520. The zero-order valence-electron chi connectivity index (χ0n) is 9.39. The predicted molar refractivity (Wildman–Crippen MR) is 55.7 cm³/mol. The number of aryl methyl sites for hydroxylation is 1. The van der Waals surface area contributed by atoms with Gasteiger partial charge in [0.1, 0.15) is 0 Å². The maximum absolute atomic E-state index is 11.5. The molecule has 0 aromatic carbocycles. The van der Waals surface area contributed by atoms with E-state index < -0.39 is 17.9 Å². The van der Waals surface area contributed by atoms with Gasteiger partial charge < -0.3 is 9.47 Å². The number of carbonyl (C=O) groups is 2. The molecule has 1 rings (SSSR count). The number of pyridine rings is 1. The van der Waals surface area contributed by atoms with Gasteiger partial charge >= 0.3 is 11.9 Å². The summed E-state index contributed by atoms with van der Waals surface area (Å²) in [5.74, 6) is -2.33. The summed E-state index contributed by atoms with van der Waals surface area (Å²) in [6.45, 7) is 1.77. The summed E-state index contributed by atoms with van der Waals surface area (Å²) in [4.78, 5) is 26.9. The first-order valence-electron chi connectivity index (χ1n) is 4.68. The molecule has 0 radical (unpaired) electrons. The molecule has 0 saturated carbocycles. The fraction of sp³-hybridized carbons (Fsp3) is 0.364. The number of hydrogen-bond acceptors (Lipinski definition) is 5. The molecule has 1 aromatic rings. The molecule has 1 aromatic heterocycles. The lowest BCUT2D eigenvalue weighted by Gasteiger charge is -2.12. The van der Waals surface area contributed by atoms with E-state index in [1.165, 1.54) is 20.4 Å². The molecule has 0 aliphatic carbocycles. The molecule has 5 nitrogen and oxygen atoms in total. The number of nitrogens with zero attached hydrogens (tertiary/aromatic N) is 1. The van der Waals surface area contributed by atoms with Crippen molar-refractivity contribution in [1.82, 2.24) is 4.98 Å². The first kappa shape index (κ1) is 12.2. The van der Waals surface area contributed by atoms with Crippen molar-refractivity contribution in [3.05, 3.63) is 29.6 Å². The predicted octanol–water partition coefficient (Wildman–Crippen LogP) is 0.820. The minimum atomic E-state index is -1.04. The lowest BCUT2D eigenvalue weighted by Crippen LogP contribution is -2.24. The van der Waals surface area contributed by atoms with Gasteiger partial charge in [-0.05, 0) is 24.6 Å². The normalized spacial score (nSPS) is 10.0. The van der Waals surface area contributed by atoms with Gasteiger partial charge in [-0.25, -0.2) is 0 Å². The van der Waals surface area contributed by atoms with Gasteiger partial charge in [0.2, 0.25) is 0 Å². The van der Waals surface area contributed by atoms with Gasteiger partial charge in [0.15, 0.2) is 5.92 Å². The molecule has 0 aliphatic heterocycles. The van der Waals surface area contributed by atoms with E-state index in [1.807, 2.05) is 0 Å². The molecule has 86 valence electrons. The maximum Gasteiger partial charge on any atom is 0.324 e. The summed E-state index contributed by atoms with van der Waals surface area (Å²) >= 11 is 0. The van der Waals surface area contributed by atoms with Gasteiger partial charge in [-0.15, -0.1) is 0 Å². The quantitative estimate of drug-likeness (QED) is 0.560. The van der Waals surface area contributed by atoms with Crippen LogP contribution in [0.4, 0.5) is 0 Å². The fourth-order valence-corrected chi connectivity index (χ4v) is 1.35. The van der Waals surface area contributed by atoms with Crippen LogP contribution in [0, 0.1) is 6.92 Å². The highest BCUT2D eigenvalue weighted by atomic mass is 16.5. The van der Waals surface area contributed by atoms with Crippen molar-refractivity contribution in [1.29, 1.82) is 0 Å². The van der Waals surface area contributed by atoms with E-state index in [9.17, 15) is 9.59 Å². The molecule has 5 heteroatoms. The third-order valence-electron chi connectivity index (χ3n) is 2.13. The molecular weight excluding hydrogens is 210 g/mol. The van der Waals surface area contributed by atoms with Crippen molar-refractivity contribution < 1.29 is 19.1 Å². The van der Waals surface area contributed by atoms with Crippen molar-refractivity contribution in [2.24, 2.45) is 0 Å². The zero-order chi connectivity index (χ0) is 12.1. The second-order valence-corrected chi connectivity index (χ2v) is 3.21. The minimum Gasteiger partial charge on any atom is -0.468 e. The van der Waals surface area contributed by atoms with Crippen LogP contribution >= 0.6 is 0 Å². The zero-order valence-corrected chi connectivity index (χ0v) is 9.39. The Bertz CT molecular complexity index is 387. The molecule has 0 unspecified atom stereocenters. The molecule has 1 heterocycles. The van der Waals surface area contributed by atoms with E-state index in [1.54, 1.807) is 19.1 Å². The van der Waals surface area contributed by atoms with Gasteiger partial charge in [0.25, 0.3) is 0 Å². The highest BCUT2D eigenvalue weighted by Crippen LogP contribution is 2.19. The van der Waals surface area contributed by atoms with Gasteiger partial charge in [-0.2, -0.15) is 0 Å². The Morgan fingerprint density at radius 2 is 1.81 bits per heavy atom. The van der Waals surface area contributed by atoms with Crippen molar-refractivity contribution in [2.75, 3.05) is 14.2 Å². The standard InChI is InChI=1S/C11H13NO4/c1-7-6-8(4-5-12-7)9(10(13)15-2)11(14)16-3/h4-6,9H,1-3H3. The Hall–Kier alpha value is -1.91. The number of carbonyl (C=O) groups excluding carboxylic acids is 2. The number of ether oxygens (including phenoxy) is 2. The largest absolute Gasteiger partial charge is 0.468 e. The van der Waals surface area contributed by atoms with E-state index in [0.717, 1.165) is 5.69 Å². The van der Waals surface area contributed by atoms with E-state index in [0.29, 0.717) is 5.56 Å². The van der Waals surface area contributed by atoms with Crippen molar-refractivity contribution in [3.63, 3.8) is 0 Å². The van der Waals surface area contributed by atoms with E-state index in [2.05, 4.69) is 14.5 Å². The first-order valence-corrected chi connectivity index (χ1v) is 4.68. The van der Waals surface area contributed by atoms with Crippen LogP contribution in [0.15, 0.2) is 18.3 Å². The van der Waals surface area contributed by atoms with Crippen molar-refractivity contribution in [3.8, 4) is 0 Å². The maximum atomic E-state index is 11.5. The molecule has 0 amide bonds. The van der Waals surface area contributed by atoms with Crippen LogP contribution in [0.5, 0.6) is 0 Å². The van der Waals surface area contributed by atoms with Crippen LogP contribution in [-0.2, 0) is 19.1 Å². The molecule has 0 saturated heterocycles. The molecule has 0 aliphatic rings. The van der Waals surface area contributed by atoms with Gasteiger partial charge in [0.05, 0.1) is 14.2 Å². The van der Waals surface area contributed by atoms with Crippen molar-refractivity contribution in [2.45, 2.75) is 12.8 Å². The second-order valence-electron chi connectivity index (χ2n) is 3.21. The lowest BCUT2D eigenvalue weighted by atomic mass is 10.00. The number of aromatic nitrogens is 1. The first-order chi connectivity index (χ1) is 7.60. The van der Waals surface area contributed by atoms with Crippen LogP contribution in [0.2, 0.25) is 0 Å². The Balaban J connectivity index is 3.10.